The van der Waals surface area contributed by atoms with Gasteiger partial charge in [-0.05, 0) is 47.9 Å². The maximum atomic E-state index is 6.20. The molecule has 0 fully saturated rings. The van der Waals surface area contributed by atoms with Gasteiger partial charge in [-0.25, -0.2) is 0 Å². The maximum Gasteiger partial charge on any atom is 0.124 e. The number of benzene rings is 1. The number of ether oxygens (including phenoxy) is 1. The molecule has 2 nitrogen and oxygen atoms in total. The Bertz CT molecular complexity index is 497. The van der Waals surface area contributed by atoms with Crippen LogP contribution < -0.4 is 10.5 Å². The second-order valence-corrected chi connectivity index (χ2v) is 5.51. The predicted octanol–water partition coefficient (Wildman–Crippen LogP) is 3.87. The number of thiophene rings is 1. The van der Waals surface area contributed by atoms with Gasteiger partial charge in [0.15, 0.2) is 0 Å². The van der Waals surface area contributed by atoms with Gasteiger partial charge in [0.2, 0.25) is 0 Å². The van der Waals surface area contributed by atoms with Crippen LogP contribution in [0.2, 0.25) is 5.02 Å². The Hall–Kier alpha value is -1.03. The third kappa shape index (κ3) is 3.48. The second kappa shape index (κ2) is 6.23. The van der Waals surface area contributed by atoms with Crippen molar-refractivity contribution in [3.8, 4) is 5.75 Å². The second-order valence-electron chi connectivity index (χ2n) is 4.32. The lowest BCUT2D eigenvalue weighted by molar-refractivity contribution is 0.303. The molecular weight excluding hydrogens is 266 g/mol. The minimum Gasteiger partial charge on any atom is -0.489 e. The van der Waals surface area contributed by atoms with Gasteiger partial charge < -0.3 is 10.5 Å². The standard InChI is InChI=1S/C14H16ClNOS/c1-10(16)7-12-13(15)3-2-4-14(12)17-8-11-5-6-18-9-11/h2-6,9-10H,7-8,16H2,1H3. The molecule has 96 valence electrons. The van der Waals surface area contributed by atoms with Gasteiger partial charge in [0, 0.05) is 16.6 Å². The average Bonchev–Trinajstić information content (AvgIpc) is 2.82. The van der Waals surface area contributed by atoms with Crippen LogP contribution in [0.3, 0.4) is 0 Å². The Morgan fingerprint density at radius 1 is 1.39 bits per heavy atom. The molecule has 0 amide bonds. The fourth-order valence-corrected chi connectivity index (χ4v) is 2.63. The van der Waals surface area contributed by atoms with Crippen molar-refractivity contribution in [3.05, 3.63) is 51.2 Å². The maximum absolute atomic E-state index is 6.20. The highest BCUT2D eigenvalue weighted by Gasteiger charge is 2.10. The van der Waals surface area contributed by atoms with Crippen LogP contribution in [0.15, 0.2) is 35.0 Å². The third-order valence-electron chi connectivity index (χ3n) is 2.58. The van der Waals surface area contributed by atoms with Crippen molar-refractivity contribution in [3.63, 3.8) is 0 Å². The summed E-state index contributed by atoms with van der Waals surface area (Å²) in [6.45, 7) is 2.53. The van der Waals surface area contributed by atoms with Gasteiger partial charge in [0.05, 0.1) is 0 Å². The summed E-state index contributed by atoms with van der Waals surface area (Å²) in [6, 6.07) is 7.83. The van der Waals surface area contributed by atoms with Crippen molar-refractivity contribution in [2.75, 3.05) is 0 Å². The lowest BCUT2D eigenvalue weighted by Crippen LogP contribution is -2.18. The molecule has 2 N–H and O–H groups in total. The molecule has 18 heavy (non-hydrogen) atoms. The summed E-state index contributed by atoms with van der Waals surface area (Å²) in [7, 11) is 0. The zero-order valence-corrected chi connectivity index (χ0v) is 11.8. The zero-order chi connectivity index (χ0) is 13.0. The highest BCUT2D eigenvalue weighted by atomic mass is 35.5. The van der Waals surface area contributed by atoms with Crippen LogP contribution in [0.5, 0.6) is 5.75 Å². The van der Waals surface area contributed by atoms with Crippen molar-refractivity contribution in [1.29, 1.82) is 0 Å². The molecule has 1 unspecified atom stereocenters. The molecule has 1 aromatic carbocycles. The first-order valence-electron chi connectivity index (χ1n) is 5.83. The fraction of sp³-hybridized carbons (Fsp3) is 0.286. The summed E-state index contributed by atoms with van der Waals surface area (Å²) in [4.78, 5) is 0. The normalized spacial score (nSPS) is 12.4. The topological polar surface area (TPSA) is 35.2 Å². The molecular formula is C14H16ClNOS. The van der Waals surface area contributed by atoms with Crippen molar-refractivity contribution >= 4 is 22.9 Å². The Morgan fingerprint density at radius 2 is 2.22 bits per heavy atom. The first-order valence-corrected chi connectivity index (χ1v) is 7.15. The van der Waals surface area contributed by atoms with E-state index in [4.69, 9.17) is 22.1 Å². The van der Waals surface area contributed by atoms with E-state index in [0.717, 1.165) is 22.8 Å². The Balaban J connectivity index is 2.13. The molecule has 0 radical (unpaired) electrons. The van der Waals surface area contributed by atoms with Gasteiger partial charge in [-0.2, -0.15) is 11.3 Å². The highest BCUT2D eigenvalue weighted by molar-refractivity contribution is 7.07. The SMILES string of the molecule is CC(N)Cc1c(Cl)cccc1OCc1ccsc1. The average molecular weight is 282 g/mol. The number of hydrogen-bond donors (Lipinski definition) is 1. The number of rotatable bonds is 5. The fourth-order valence-electron chi connectivity index (χ4n) is 1.73. The molecule has 0 spiro atoms. The van der Waals surface area contributed by atoms with Gasteiger partial charge in [0.25, 0.3) is 0 Å². The van der Waals surface area contributed by atoms with Crippen LogP contribution in [0.1, 0.15) is 18.1 Å². The Kier molecular flexibility index (Phi) is 4.64. The van der Waals surface area contributed by atoms with E-state index in [2.05, 4.69) is 11.4 Å². The summed E-state index contributed by atoms with van der Waals surface area (Å²) in [5.41, 5.74) is 8.00. The molecule has 1 aromatic heterocycles. The van der Waals surface area contributed by atoms with Gasteiger partial charge in [-0.1, -0.05) is 17.7 Å². The number of hydrogen-bond acceptors (Lipinski definition) is 3. The molecule has 1 atom stereocenters. The molecule has 1 heterocycles. The summed E-state index contributed by atoms with van der Waals surface area (Å²) >= 11 is 7.87. The highest BCUT2D eigenvalue weighted by Crippen LogP contribution is 2.28. The number of halogens is 1. The lowest BCUT2D eigenvalue weighted by atomic mass is 10.1. The lowest BCUT2D eigenvalue weighted by Gasteiger charge is -2.14. The molecule has 0 bridgehead atoms. The predicted molar refractivity (Wildman–Crippen MR) is 77.5 cm³/mol. The largest absolute Gasteiger partial charge is 0.489 e. The van der Waals surface area contributed by atoms with Gasteiger partial charge >= 0.3 is 0 Å². The first-order chi connectivity index (χ1) is 8.66. The quantitative estimate of drug-likeness (QED) is 0.903. The minimum absolute atomic E-state index is 0.0633. The smallest absolute Gasteiger partial charge is 0.124 e. The van der Waals surface area contributed by atoms with Crippen molar-refractivity contribution < 1.29 is 4.74 Å². The molecule has 4 heteroatoms. The summed E-state index contributed by atoms with van der Waals surface area (Å²) in [6.07, 6.45) is 0.721. The summed E-state index contributed by atoms with van der Waals surface area (Å²) < 4.78 is 5.83. The van der Waals surface area contributed by atoms with Crippen LogP contribution in [0.4, 0.5) is 0 Å². The van der Waals surface area contributed by atoms with Gasteiger partial charge in [-0.3, -0.25) is 0 Å². The molecule has 0 saturated heterocycles. The van der Waals surface area contributed by atoms with Crippen LogP contribution >= 0.6 is 22.9 Å². The van der Waals surface area contributed by atoms with Crippen molar-refractivity contribution in [1.82, 2.24) is 0 Å². The monoisotopic (exact) mass is 281 g/mol. The van der Waals surface area contributed by atoms with E-state index in [-0.39, 0.29) is 6.04 Å². The Labute approximate surface area is 116 Å². The van der Waals surface area contributed by atoms with E-state index in [9.17, 15) is 0 Å². The number of nitrogens with two attached hydrogens (primary N) is 1. The van der Waals surface area contributed by atoms with Crippen LogP contribution in [-0.2, 0) is 13.0 Å². The van der Waals surface area contributed by atoms with Crippen LogP contribution in [0.25, 0.3) is 0 Å². The summed E-state index contributed by atoms with van der Waals surface area (Å²) in [5.74, 6) is 0.825. The minimum atomic E-state index is 0.0633. The zero-order valence-electron chi connectivity index (χ0n) is 10.2. The first kappa shape index (κ1) is 13.4. The van der Waals surface area contributed by atoms with Gasteiger partial charge in [0.1, 0.15) is 12.4 Å². The molecule has 2 rings (SSSR count). The van der Waals surface area contributed by atoms with Crippen molar-refractivity contribution in [2.45, 2.75) is 26.0 Å². The molecule has 0 aliphatic rings. The van der Waals surface area contributed by atoms with E-state index in [1.165, 1.54) is 5.56 Å². The third-order valence-corrected chi connectivity index (χ3v) is 3.66. The molecule has 0 saturated carbocycles. The van der Waals surface area contributed by atoms with Crippen LogP contribution in [-0.4, -0.2) is 6.04 Å². The summed E-state index contributed by atoms with van der Waals surface area (Å²) in [5, 5.41) is 4.84. The Morgan fingerprint density at radius 3 is 2.89 bits per heavy atom. The van der Waals surface area contributed by atoms with E-state index in [0.29, 0.717) is 6.61 Å². The van der Waals surface area contributed by atoms with E-state index < -0.39 is 0 Å². The molecule has 2 aromatic rings. The molecule has 0 aliphatic heterocycles. The van der Waals surface area contributed by atoms with E-state index in [1.54, 1.807) is 11.3 Å². The van der Waals surface area contributed by atoms with Crippen molar-refractivity contribution in [2.24, 2.45) is 5.73 Å². The van der Waals surface area contributed by atoms with E-state index >= 15 is 0 Å². The van der Waals surface area contributed by atoms with E-state index in [1.807, 2.05) is 30.5 Å². The van der Waals surface area contributed by atoms with Crippen LogP contribution in [0, 0.1) is 0 Å². The molecule has 0 aliphatic carbocycles. The van der Waals surface area contributed by atoms with Gasteiger partial charge in [-0.15, -0.1) is 0 Å².